The standard InChI is InChI=1S/C16H17N3O2/c17-8-9-18-15(12-6-3-7-12)16(21)19-10-13-4-1-2-5-14(13)11-20/h1-2,4-5,11,18H,3,6-7,9-10H2,(H,19,21). The monoisotopic (exact) mass is 283 g/mol. The quantitative estimate of drug-likeness (QED) is 0.472. The maximum absolute atomic E-state index is 12.2. The summed E-state index contributed by atoms with van der Waals surface area (Å²) in [6.07, 6.45) is 3.65. The summed E-state index contributed by atoms with van der Waals surface area (Å²) in [6, 6.07) is 9.11. The van der Waals surface area contributed by atoms with Gasteiger partial charge in [-0.05, 0) is 30.4 Å². The molecule has 0 saturated heterocycles. The lowest BCUT2D eigenvalue weighted by Gasteiger charge is -2.22. The van der Waals surface area contributed by atoms with Crippen LogP contribution in [0.2, 0.25) is 0 Å². The van der Waals surface area contributed by atoms with Gasteiger partial charge >= 0.3 is 0 Å². The van der Waals surface area contributed by atoms with Crippen LogP contribution >= 0.6 is 0 Å². The van der Waals surface area contributed by atoms with Crippen LogP contribution in [0.3, 0.4) is 0 Å². The zero-order chi connectivity index (χ0) is 15.1. The van der Waals surface area contributed by atoms with Gasteiger partial charge in [-0.2, -0.15) is 5.26 Å². The first-order valence-corrected chi connectivity index (χ1v) is 6.90. The molecule has 0 spiro atoms. The number of aldehydes is 1. The number of nitriles is 1. The molecule has 1 aromatic rings. The van der Waals surface area contributed by atoms with Gasteiger partial charge in [0.15, 0.2) is 0 Å². The molecule has 0 atom stereocenters. The summed E-state index contributed by atoms with van der Waals surface area (Å²) in [5.74, 6) is -0.222. The van der Waals surface area contributed by atoms with E-state index in [1.165, 1.54) is 0 Å². The number of amides is 1. The minimum atomic E-state index is -0.222. The SMILES string of the molecule is N#CCNC(C(=O)NCc1ccccc1C=O)=C1CCC1. The predicted octanol–water partition coefficient (Wildman–Crippen LogP) is 1.67. The van der Waals surface area contributed by atoms with E-state index < -0.39 is 0 Å². The second kappa shape index (κ2) is 7.25. The molecule has 1 aromatic carbocycles. The molecule has 1 amide bonds. The Bertz CT molecular complexity index is 608. The Morgan fingerprint density at radius 1 is 1.29 bits per heavy atom. The van der Waals surface area contributed by atoms with E-state index in [9.17, 15) is 9.59 Å². The highest BCUT2D eigenvalue weighted by Crippen LogP contribution is 2.27. The topological polar surface area (TPSA) is 82.0 Å². The summed E-state index contributed by atoms with van der Waals surface area (Å²) in [6.45, 7) is 0.399. The lowest BCUT2D eigenvalue weighted by molar-refractivity contribution is -0.118. The molecule has 0 aromatic heterocycles. The van der Waals surface area contributed by atoms with E-state index in [0.717, 1.165) is 36.7 Å². The first-order chi connectivity index (χ1) is 10.3. The van der Waals surface area contributed by atoms with Gasteiger partial charge in [-0.25, -0.2) is 0 Å². The summed E-state index contributed by atoms with van der Waals surface area (Å²) in [5, 5.41) is 14.3. The molecule has 21 heavy (non-hydrogen) atoms. The normalized spacial score (nSPS) is 12.8. The smallest absolute Gasteiger partial charge is 0.267 e. The lowest BCUT2D eigenvalue weighted by atomic mass is 9.90. The van der Waals surface area contributed by atoms with Crippen molar-refractivity contribution in [2.75, 3.05) is 6.54 Å². The van der Waals surface area contributed by atoms with Crippen LogP contribution in [0, 0.1) is 11.3 Å². The Balaban J connectivity index is 2.03. The molecule has 5 nitrogen and oxygen atoms in total. The van der Waals surface area contributed by atoms with Crippen LogP contribution in [-0.4, -0.2) is 18.7 Å². The second-order valence-corrected chi connectivity index (χ2v) is 4.84. The number of allylic oxidation sites excluding steroid dienone is 1. The van der Waals surface area contributed by atoms with E-state index in [1.54, 1.807) is 12.1 Å². The molecule has 0 radical (unpaired) electrons. The number of nitrogens with zero attached hydrogens (tertiary/aromatic N) is 1. The lowest BCUT2D eigenvalue weighted by Crippen LogP contribution is -2.34. The van der Waals surface area contributed by atoms with Crippen molar-refractivity contribution in [3.63, 3.8) is 0 Å². The van der Waals surface area contributed by atoms with E-state index >= 15 is 0 Å². The van der Waals surface area contributed by atoms with Crippen LogP contribution in [0.1, 0.15) is 35.2 Å². The molecule has 0 aliphatic heterocycles. The fraction of sp³-hybridized carbons (Fsp3) is 0.312. The van der Waals surface area contributed by atoms with E-state index in [4.69, 9.17) is 5.26 Å². The zero-order valence-corrected chi connectivity index (χ0v) is 11.7. The molecule has 5 heteroatoms. The molecular formula is C16H17N3O2. The first kappa shape index (κ1) is 14.8. The number of hydrogen-bond acceptors (Lipinski definition) is 4. The molecule has 2 rings (SSSR count). The number of nitrogens with one attached hydrogen (secondary N) is 2. The Labute approximate surface area is 123 Å². The largest absolute Gasteiger partial charge is 0.368 e. The van der Waals surface area contributed by atoms with Gasteiger partial charge in [0, 0.05) is 12.1 Å². The molecule has 108 valence electrons. The Morgan fingerprint density at radius 3 is 2.67 bits per heavy atom. The summed E-state index contributed by atoms with van der Waals surface area (Å²) in [4.78, 5) is 23.2. The molecule has 0 heterocycles. The predicted molar refractivity (Wildman–Crippen MR) is 78.2 cm³/mol. The van der Waals surface area contributed by atoms with Crippen molar-refractivity contribution in [3.8, 4) is 6.07 Å². The molecule has 1 saturated carbocycles. The fourth-order valence-corrected chi connectivity index (χ4v) is 2.17. The van der Waals surface area contributed by atoms with Gasteiger partial charge in [-0.3, -0.25) is 9.59 Å². The van der Waals surface area contributed by atoms with Crippen molar-refractivity contribution in [2.45, 2.75) is 25.8 Å². The zero-order valence-electron chi connectivity index (χ0n) is 11.7. The van der Waals surface area contributed by atoms with Gasteiger partial charge in [-0.1, -0.05) is 24.3 Å². The summed E-state index contributed by atoms with van der Waals surface area (Å²) >= 11 is 0. The number of carbonyl (C=O) groups is 2. The maximum atomic E-state index is 12.2. The minimum Gasteiger partial charge on any atom is -0.368 e. The Kier molecular flexibility index (Phi) is 5.10. The van der Waals surface area contributed by atoms with Crippen LogP contribution in [0.15, 0.2) is 35.5 Å². The highest BCUT2D eigenvalue weighted by atomic mass is 16.2. The van der Waals surface area contributed by atoms with E-state index in [1.807, 2.05) is 18.2 Å². The summed E-state index contributed by atoms with van der Waals surface area (Å²) in [5.41, 5.74) is 2.91. The molecular weight excluding hydrogens is 266 g/mol. The second-order valence-electron chi connectivity index (χ2n) is 4.84. The molecule has 2 N–H and O–H groups in total. The number of rotatable bonds is 6. The highest BCUT2D eigenvalue weighted by molar-refractivity contribution is 5.94. The summed E-state index contributed by atoms with van der Waals surface area (Å²) in [7, 11) is 0. The van der Waals surface area contributed by atoms with Crippen LogP contribution in [-0.2, 0) is 11.3 Å². The third-order valence-electron chi connectivity index (χ3n) is 3.50. The van der Waals surface area contributed by atoms with Gasteiger partial charge < -0.3 is 10.6 Å². The highest BCUT2D eigenvalue weighted by Gasteiger charge is 2.20. The van der Waals surface area contributed by atoms with Gasteiger partial charge in [0.2, 0.25) is 0 Å². The van der Waals surface area contributed by atoms with Gasteiger partial charge in [0.25, 0.3) is 5.91 Å². The molecule has 1 aliphatic rings. The molecule has 0 bridgehead atoms. The van der Waals surface area contributed by atoms with Crippen molar-refractivity contribution in [2.24, 2.45) is 0 Å². The van der Waals surface area contributed by atoms with Gasteiger partial charge in [0.05, 0.1) is 11.8 Å². The third-order valence-corrected chi connectivity index (χ3v) is 3.50. The van der Waals surface area contributed by atoms with E-state index in [0.29, 0.717) is 17.8 Å². The molecule has 1 aliphatic carbocycles. The van der Waals surface area contributed by atoms with Crippen LogP contribution in [0.5, 0.6) is 0 Å². The summed E-state index contributed by atoms with van der Waals surface area (Å²) < 4.78 is 0. The molecule has 0 unspecified atom stereocenters. The van der Waals surface area contributed by atoms with Crippen molar-refractivity contribution in [1.29, 1.82) is 5.26 Å². The van der Waals surface area contributed by atoms with Crippen molar-refractivity contribution >= 4 is 12.2 Å². The molecule has 1 fully saturated rings. The fourth-order valence-electron chi connectivity index (χ4n) is 2.17. The average molecular weight is 283 g/mol. The van der Waals surface area contributed by atoms with Gasteiger partial charge in [0.1, 0.15) is 12.8 Å². The van der Waals surface area contributed by atoms with Crippen molar-refractivity contribution in [1.82, 2.24) is 10.6 Å². The third kappa shape index (κ3) is 3.69. The first-order valence-electron chi connectivity index (χ1n) is 6.90. The van der Waals surface area contributed by atoms with Crippen LogP contribution < -0.4 is 10.6 Å². The van der Waals surface area contributed by atoms with Crippen LogP contribution in [0.25, 0.3) is 0 Å². The average Bonchev–Trinajstić information content (AvgIpc) is 2.47. The van der Waals surface area contributed by atoms with E-state index in [2.05, 4.69) is 10.6 Å². The number of benzene rings is 1. The maximum Gasteiger partial charge on any atom is 0.267 e. The Hall–Kier alpha value is -2.61. The van der Waals surface area contributed by atoms with Crippen molar-refractivity contribution < 1.29 is 9.59 Å². The van der Waals surface area contributed by atoms with E-state index in [-0.39, 0.29) is 12.5 Å². The minimum absolute atomic E-state index is 0.108. The number of carbonyl (C=O) groups excluding carboxylic acids is 2. The van der Waals surface area contributed by atoms with Crippen molar-refractivity contribution in [3.05, 3.63) is 46.7 Å². The Morgan fingerprint density at radius 2 is 2.05 bits per heavy atom. The number of hydrogen-bond donors (Lipinski definition) is 2. The van der Waals surface area contributed by atoms with Gasteiger partial charge in [-0.15, -0.1) is 0 Å². The van der Waals surface area contributed by atoms with Crippen LogP contribution in [0.4, 0.5) is 0 Å².